The molecule has 0 aliphatic heterocycles. The summed E-state index contributed by atoms with van der Waals surface area (Å²) in [4.78, 5) is 0. The predicted octanol–water partition coefficient (Wildman–Crippen LogP) is 4.20. The summed E-state index contributed by atoms with van der Waals surface area (Å²) in [6, 6.07) is 0. The van der Waals surface area contributed by atoms with Crippen LogP contribution in [0.2, 0.25) is 0 Å². The molecule has 13 heavy (non-hydrogen) atoms. The highest BCUT2D eigenvalue weighted by Gasteiger charge is 2.01. The van der Waals surface area contributed by atoms with Crippen LogP contribution in [0, 0.1) is 0 Å². The van der Waals surface area contributed by atoms with Gasteiger partial charge in [0.25, 0.3) is 0 Å². The van der Waals surface area contributed by atoms with Crippen molar-refractivity contribution in [1.82, 2.24) is 0 Å². The highest BCUT2D eigenvalue weighted by molar-refractivity contribution is 5.52. The van der Waals surface area contributed by atoms with E-state index in [-0.39, 0.29) is 0 Å². The Hall–Kier alpha value is -1.30. The van der Waals surface area contributed by atoms with Gasteiger partial charge in [-0.05, 0) is 37.5 Å². The van der Waals surface area contributed by atoms with Gasteiger partial charge in [-0.1, -0.05) is 43.5 Å². The van der Waals surface area contributed by atoms with E-state index in [1.165, 1.54) is 0 Å². The van der Waals surface area contributed by atoms with Crippen molar-refractivity contribution < 1.29 is 0 Å². The van der Waals surface area contributed by atoms with Crippen LogP contribution in [0.1, 0.15) is 20.8 Å². The van der Waals surface area contributed by atoms with Crippen molar-refractivity contribution in [3.63, 3.8) is 0 Å². The maximum absolute atomic E-state index is 3.99. The van der Waals surface area contributed by atoms with Gasteiger partial charge in [0.05, 0.1) is 0 Å². The van der Waals surface area contributed by atoms with Crippen LogP contribution in [0.15, 0.2) is 60.3 Å². The van der Waals surface area contributed by atoms with Crippen molar-refractivity contribution >= 4 is 0 Å². The van der Waals surface area contributed by atoms with E-state index in [1.807, 2.05) is 39.0 Å². The highest BCUT2D eigenvalue weighted by atomic mass is 14.1. The Kier molecular flexibility index (Phi) is 4.83. The summed E-state index contributed by atoms with van der Waals surface area (Å²) >= 11 is 0. The summed E-state index contributed by atoms with van der Waals surface area (Å²) in [6.45, 7) is 17.6. The van der Waals surface area contributed by atoms with Crippen LogP contribution in [0.4, 0.5) is 0 Å². The zero-order chi connectivity index (χ0) is 10.4. The Morgan fingerprint density at radius 1 is 1.15 bits per heavy atom. The second-order valence-corrected chi connectivity index (χ2v) is 3.06. The normalized spacial score (nSPS) is 12.5. The van der Waals surface area contributed by atoms with Crippen LogP contribution in [-0.4, -0.2) is 0 Å². The van der Waals surface area contributed by atoms with Gasteiger partial charge in [0, 0.05) is 0 Å². The first-order valence-corrected chi connectivity index (χ1v) is 4.35. The van der Waals surface area contributed by atoms with E-state index in [1.54, 1.807) is 0 Å². The van der Waals surface area contributed by atoms with Gasteiger partial charge in [-0.15, -0.1) is 0 Å². The average Bonchev–Trinajstić information content (AvgIpc) is 2.11. The van der Waals surface area contributed by atoms with Gasteiger partial charge in [-0.25, -0.2) is 0 Å². The van der Waals surface area contributed by atoms with Gasteiger partial charge in [-0.2, -0.15) is 0 Å². The smallest absolute Gasteiger partial charge is 0.0162 e. The largest absolute Gasteiger partial charge is 0.0988 e. The molecule has 0 aromatic rings. The van der Waals surface area contributed by atoms with E-state index >= 15 is 0 Å². The summed E-state index contributed by atoms with van der Waals surface area (Å²) in [6.07, 6.45) is 5.87. The van der Waals surface area contributed by atoms with E-state index in [0.717, 1.165) is 22.3 Å². The molecule has 0 atom stereocenters. The molecule has 0 aliphatic carbocycles. The summed E-state index contributed by atoms with van der Waals surface area (Å²) < 4.78 is 0. The second-order valence-electron chi connectivity index (χ2n) is 3.06. The lowest BCUT2D eigenvalue weighted by atomic mass is 9.97. The van der Waals surface area contributed by atoms with Gasteiger partial charge in [0.1, 0.15) is 0 Å². The highest BCUT2D eigenvalue weighted by Crippen LogP contribution is 2.21. The summed E-state index contributed by atoms with van der Waals surface area (Å²) in [5.74, 6) is 0. The van der Waals surface area contributed by atoms with Gasteiger partial charge < -0.3 is 0 Å². The molecule has 0 radical (unpaired) electrons. The Balaban J connectivity index is 5.16. The Bertz CT molecular complexity index is 285. The van der Waals surface area contributed by atoms with E-state index in [9.17, 15) is 0 Å². The molecule has 0 unspecified atom stereocenters. The zero-order valence-electron chi connectivity index (χ0n) is 8.85. The maximum Gasteiger partial charge on any atom is -0.0162 e. The number of hydrogen-bond acceptors (Lipinski definition) is 0. The molecular weight excluding hydrogens is 156 g/mol. The molecule has 0 spiro atoms. The van der Waals surface area contributed by atoms with Crippen LogP contribution in [0.25, 0.3) is 0 Å². The molecule has 0 aromatic carbocycles. The SMILES string of the molecule is C=C/C(C)=C(\C=C/C)C(=C)C(=C)C. The lowest BCUT2D eigenvalue weighted by Gasteiger charge is -2.08. The van der Waals surface area contributed by atoms with E-state index in [2.05, 4.69) is 19.7 Å². The molecule has 0 saturated heterocycles. The van der Waals surface area contributed by atoms with Crippen molar-refractivity contribution in [2.24, 2.45) is 0 Å². The van der Waals surface area contributed by atoms with Gasteiger partial charge in [-0.3, -0.25) is 0 Å². The molecule has 0 aromatic heterocycles. The first-order valence-electron chi connectivity index (χ1n) is 4.35. The first-order chi connectivity index (χ1) is 6.04. The molecule has 0 N–H and O–H groups in total. The molecule has 0 aliphatic rings. The molecule has 0 heterocycles. The van der Waals surface area contributed by atoms with Crippen molar-refractivity contribution in [3.8, 4) is 0 Å². The summed E-state index contributed by atoms with van der Waals surface area (Å²) in [5, 5.41) is 0. The molecular formula is C13H18. The van der Waals surface area contributed by atoms with Crippen molar-refractivity contribution in [1.29, 1.82) is 0 Å². The Morgan fingerprint density at radius 3 is 2.00 bits per heavy atom. The number of hydrogen-bond donors (Lipinski definition) is 0. The third-order valence-electron chi connectivity index (χ3n) is 1.90. The van der Waals surface area contributed by atoms with Crippen LogP contribution in [0.3, 0.4) is 0 Å². The van der Waals surface area contributed by atoms with E-state index < -0.39 is 0 Å². The molecule has 0 amide bonds. The first kappa shape index (κ1) is 11.7. The minimum Gasteiger partial charge on any atom is -0.0988 e. The predicted molar refractivity (Wildman–Crippen MR) is 61.7 cm³/mol. The Labute approximate surface area is 81.7 Å². The van der Waals surface area contributed by atoms with E-state index in [4.69, 9.17) is 0 Å². The molecule has 0 bridgehead atoms. The standard InChI is InChI=1S/C13H18/c1-7-9-13(11(5)8-2)12(6)10(3)4/h7-9H,2-3,6H2,1,4-5H3/b9-7-,13-11+. The van der Waals surface area contributed by atoms with Crippen molar-refractivity contribution in [2.45, 2.75) is 20.8 Å². The molecule has 70 valence electrons. The van der Waals surface area contributed by atoms with Crippen molar-refractivity contribution in [2.75, 3.05) is 0 Å². The lowest BCUT2D eigenvalue weighted by molar-refractivity contribution is 1.34. The monoisotopic (exact) mass is 174 g/mol. The fraction of sp³-hybridized carbons (Fsp3) is 0.231. The van der Waals surface area contributed by atoms with Crippen LogP contribution < -0.4 is 0 Å². The topological polar surface area (TPSA) is 0 Å². The molecule has 0 saturated carbocycles. The maximum atomic E-state index is 3.99. The third-order valence-corrected chi connectivity index (χ3v) is 1.90. The minimum atomic E-state index is 0.982. The minimum absolute atomic E-state index is 0.982. The molecule has 0 rings (SSSR count). The van der Waals surface area contributed by atoms with Crippen LogP contribution in [0.5, 0.6) is 0 Å². The fourth-order valence-corrected chi connectivity index (χ4v) is 0.977. The zero-order valence-corrected chi connectivity index (χ0v) is 8.85. The van der Waals surface area contributed by atoms with Gasteiger partial charge in [0.2, 0.25) is 0 Å². The van der Waals surface area contributed by atoms with Crippen LogP contribution >= 0.6 is 0 Å². The third kappa shape index (κ3) is 3.29. The molecule has 0 heteroatoms. The number of rotatable bonds is 4. The van der Waals surface area contributed by atoms with Crippen LogP contribution in [-0.2, 0) is 0 Å². The van der Waals surface area contributed by atoms with Crippen molar-refractivity contribution in [3.05, 3.63) is 60.3 Å². The quantitative estimate of drug-likeness (QED) is 0.560. The average molecular weight is 174 g/mol. The lowest BCUT2D eigenvalue weighted by Crippen LogP contribution is -1.89. The van der Waals surface area contributed by atoms with E-state index in [0.29, 0.717) is 0 Å². The molecule has 0 fully saturated rings. The van der Waals surface area contributed by atoms with Gasteiger partial charge >= 0.3 is 0 Å². The number of allylic oxidation sites excluding steroid dienone is 7. The summed E-state index contributed by atoms with van der Waals surface area (Å²) in [5.41, 5.74) is 4.22. The second kappa shape index (κ2) is 5.36. The van der Waals surface area contributed by atoms with Gasteiger partial charge in [0.15, 0.2) is 0 Å². The summed E-state index contributed by atoms with van der Waals surface area (Å²) in [7, 11) is 0. The fourth-order valence-electron chi connectivity index (χ4n) is 0.977. The Morgan fingerprint density at radius 2 is 1.69 bits per heavy atom. The molecule has 0 nitrogen and oxygen atoms in total.